The predicted molar refractivity (Wildman–Crippen MR) is 151 cm³/mol. The van der Waals surface area contributed by atoms with Gasteiger partial charge in [-0.05, 0) is 67.1 Å². The Morgan fingerprint density at radius 2 is 1.68 bits per heavy atom. The highest BCUT2D eigenvalue weighted by molar-refractivity contribution is 7.92. The molecule has 1 amide bonds. The maximum absolute atomic E-state index is 13.5. The molecule has 6 N–H and O–H groups in total. The number of aliphatic hydroxyl groups excluding tert-OH is 1. The lowest BCUT2D eigenvalue weighted by atomic mass is 9.86. The summed E-state index contributed by atoms with van der Waals surface area (Å²) in [4.78, 5) is 12.3. The summed E-state index contributed by atoms with van der Waals surface area (Å²) in [6, 6.07) is 16.2. The number of phenols is 1. The molecule has 2 atom stereocenters. The van der Waals surface area contributed by atoms with E-state index < -0.39 is 45.2 Å². The first-order chi connectivity index (χ1) is 18.9. The van der Waals surface area contributed by atoms with Crippen LogP contribution in [0.3, 0.4) is 0 Å². The summed E-state index contributed by atoms with van der Waals surface area (Å²) in [5.74, 6) is -1.99. The Morgan fingerprint density at radius 1 is 1.00 bits per heavy atom. The fraction of sp³-hybridized carbons (Fsp3) is 0.345. The van der Waals surface area contributed by atoms with Crippen LogP contribution in [0.25, 0.3) is 0 Å². The van der Waals surface area contributed by atoms with Gasteiger partial charge in [-0.3, -0.25) is 9.52 Å². The third kappa shape index (κ3) is 9.20. The van der Waals surface area contributed by atoms with Crippen molar-refractivity contribution in [3.63, 3.8) is 0 Å². The van der Waals surface area contributed by atoms with Crippen LogP contribution in [0.2, 0.25) is 0 Å². The van der Waals surface area contributed by atoms with E-state index >= 15 is 0 Å². The van der Waals surface area contributed by atoms with Crippen molar-refractivity contribution in [2.75, 3.05) is 17.5 Å². The molecule has 0 saturated carbocycles. The van der Waals surface area contributed by atoms with Gasteiger partial charge < -0.3 is 21.3 Å². The van der Waals surface area contributed by atoms with E-state index in [1.807, 2.05) is 19.9 Å². The zero-order chi connectivity index (χ0) is 30.6. The van der Waals surface area contributed by atoms with Crippen molar-refractivity contribution in [3.05, 3.63) is 94.5 Å². The number of amides is 1. The van der Waals surface area contributed by atoms with Crippen molar-refractivity contribution in [3.8, 4) is 5.75 Å². The highest BCUT2D eigenvalue weighted by Gasteiger charge is 2.34. The molecule has 0 aliphatic heterocycles. The lowest BCUT2D eigenvalue weighted by Gasteiger charge is -2.29. The van der Waals surface area contributed by atoms with Crippen molar-refractivity contribution in [1.82, 2.24) is 5.32 Å². The van der Waals surface area contributed by atoms with Gasteiger partial charge in [0.25, 0.3) is 0 Å². The number of anilines is 1. The van der Waals surface area contributed by atoms with E-state index in [1.165, 1.54) is 36.4 Å². The molecule has 222 valence electrons. The lowest BCUT2D eigenvalue weighted by Crippen LogP contribution is -2.43. The van der Waals surface area contributed by atoms with Crippen LogP contribution in [0.5, 0.6) is 5.75 Å². The second-order valence-electron chi connectivity index (χ2n) is 10.7. The maximum atomic E-state index is 13.5. The number of primary amides is 1. The number of sulfonamides is 1. The zero-order valence-corrected chi connectivity index (χ0v) is 23.7. The van der Waals surface area contributed by atoms with Gasteiger partial charge in [-0.25, -0.2) is 8.42 Å². The third-order valence-corrected chi connectivity index (χ3v) is 7.16. The van der Waals surface area contributed by atoms with E-state index in [0.717, 1.165) is 17.9 Å². The van der Waals surface area contributed by atoms with Crippen LogP contribution >= 0.6 is 0 Å². The molecule has 0 spiro atoms. The van der Waals surface area contributed by atoms with E-state index in [9.17, 15) is 36.6 Å². The molecular formula is C29H34F3N3O5S. The minimum atomic E-state index is -4.56. The number of hydrogen-bond donors (Lipinski definition) is 5. The fourth-order valence-corrected chi connectivity index (χ4v) is 5.17. The molecule has 3 rings (SSSR count). The number of carbonyl (C=O) groups is 1. The zero-order valence-electron chi connectivity index (χ0n) is 22.9. The summed E-state index contributed by atoms with van der Waals surface area (Å²) in [6.07, 6.45) is -4.41. The van der Waals surface area contributed by atoms with Crippen molar-refractivity contribution in [1.29, 1.82) is 0 Å². The molecular weight excluding hydrogens is 559 g/mol. The van der Waals surface area contributed by atoms with E-state index in [-0.39, 0.29) is 30.0 Å². The van der Waals surface area contributed by atoms with E-state index in [4.69, 9.17) is 5.73 Å². The van der Waals surface area contributed by atoms with Gasteiger partial charge in [0.05, 0.1) is 29.5 Å². The van der Waals surface area contributed by atoms with E-state index in [2.05, 4.69) is 10.0 Å². The minimum Gasteiger partial charge on any atom is -0.506 e. The molecule has 3 aromatic carbocycles. The van der Waals surface area contributed by atoms with Crippen molar-refractivity contribution >= 4 is 21.6 Å². The number of nitrogens with two attached hydrogens (primary N) is 1. The van der Waals surface area contributed by atoms with Crippen molar-refractivity contribution in [2.45, 2.75) is 50.4 Å². The number of nitrogens with one attached hydrogen (secondary N) is 2. The van der Waals surface area contributed by atoms with Crippen LogP contribution in [0, 0.1) is 0 Å². The Labute approximate surface area is 237 Å². The number of β-amino-alcohol motifs (C(OH)–C–C–N with tert-alkyl or cyclic N) is 1. The number of halogens is 3. The smallest absolute Gasteiger partial charge is 0.416 e. The summed E-state index contributed by atoms with van der Waals surface area (Å²) < 4.78 is 65.8. The van der Waals surface area contributed by atoms with E-state index in [1.54, 1.807) is 18.2 Å². The molecule has 12 heteroatoms. The lowest BCUT2D eigenvalue weighted by molar-refractivity contribution is -0.138. The van der Waals surface area contributed by atoms with Crippen LogP contribution in [0.15, 0.2) is 66.7 Å². The van der Waals surface area contributed by atoms with E-state index in [0.29, 0.717) is 17.5 Å². The number of aromatic hydroxyl groups is 1. The van der Waals surface area contributed by atoms with Gasteiger partial charge in [-0.15, -0.1) is 0 Å². The molecule has 0 aliphatic rings. The number of hydrogen-bond acceptors (Lipinski definition) is 6. The molecule has 8 nitrogen and oxygen atoms in total. The average molecular weight is 594 g/mol. The topological polar surface area (TPSA) is 142 Å². The number of aliphatic hydroxyl groups is 1. The molecule has 0 radical (unpaired) electrons. The third-order valence-electron chi connectivity index (χ3n) is 6.56. The molecule has 0 fully saturated rings. The molecule has 1 unspecified atom stereocenters. The summed E-state index contributed by atoms with van der Waals surface area (Å²) in [6.45, 7) is 3.88. The van der Waals surface area contributed by atoms with Crippen LogP contribution in [-0.4, -0.2) is 42.9 Å². The molecule has 0 aliphatic carbocycles. The standard InChI is InChI=1S/C29H34F3N3O5S/c1-28(2,34-17-26(37)21-11-12-25(36)24(15-21)35-41(3,39)40)16-18-7-6-9-19(13-18)22(27(33)38)14-20-8-4-5-10-23(20)29(30,31)32/h4-13,15,22,26,34-37H,14,16-17H2,1-3H3,(H2,33,38)/t22?,26-/m0/s1. The summed E-state index contributed by atoms with van der Waals surface area (Å²) in [7, 11) is -3.64. The largest absolute Gasteiger partial charge is 0.506 e. The Bertz CT molecular complexity index is 1490. The molecule has 3 aromatic rings. The molecule has 41 heavy (non-hydrogen) atoms. The first kappa shape index (κ1) is 31.9. The fourth-order valence-electron chi connectivity index (χ4n) is 4.60. The minimum absolute atomic E-state index is 0.0192. The Balaban J connectivity index is 1.73. The van der Waals surface area contributed by atoms with Gasteiger partial charge in [0.1, 0.15) is 5.75 Å². The molecule has 0 heterocycles. The first-order valence-corrected chi connectivity index (χ1v) is 14.6. The van der Waals surface area contributed by atoms with Gasteiger partial charge in [-0.2, -0.15) is 13.2 Å². The second-order valence-corrected chi connectivity index (χ2v) is 12.4. The van der Waals surface area contributed by atoms with Crippen molar-refractivity contribution in [2.24, 2.45) is 5.73 Å². The Kier molecular flexibility index (Phi) is 9.73. The SMILES string of the molecule is CC(C)(Cc1cccc(C(Cc2ccccc2C(F)(F)F)C(N)=O)c1)NC[C@H](O)c1ccc(O)c(NS(C)(=O)=O)c1. The number of carbonyl (C=O) groups excluding carboxylic acids is 1. The number of rotatable bonds is 12. The summed E-state index contributed by atoms with van der Waals surface area (Å²) in [5.41, 5.74) is 5.85. The average Bonchev–Trinajstić information content (AvgIpc) is 2.85. The van der Waals surface area contributed by atoms with Gasteiger partial charge in [0.2, 0.25) is 15.9 Å². The number of alkyl halides is 3. The number of benzene rings is 3. The highest BCUT2D eigenvalue weighted by Crippen LogP contribution is 2.34. The van der Waals surface area contributed by atoms with Gasteiger partial charge in [0, 0.05) is 12.1 Å². The second kappa shape index (κ2) is 12.5. The Morgan fingerprint density at radius 3 is 2.32 bits per heavy atom. The molecule has 0 aromatic heterocycles. The van der Waals surface area contributed by atoms with Crippen LogP contribution in [0.4, 0.5) is 18.9 Å². The maximum Gasteiger partial charge on any atom is 0.416 e. The summed E-state index contributed by atoms with van der Waals surface area (Å²) in [5, 5.41) is 23.9. The summed E-state index contributed by atoms with van der Waals surface area (Å²) >= 11 is 0. The van der Waals surface area contributed by atoms with Crippen LogP contribution in [0.1, 0.15) is 53.7 Å². The highest BCUT2D eigenvalue weighted by atomic mass is 32.2. The molecule has 0 bridgehead atoms. The molecule has 0 saturated heterocycles. The van der Waals surface area contributed by atoms with Gasteiger partial charge in [0.15, 0.2) is 0 Å². The number of phenolic OH excluding ortho intramolecular Hbond substituents is 1. The van der Waals surface area contributed by atoms with Gasteiger partial charge >= 0.3 is 6.18 Å². The van der Waals surface area contributed by atoms with Crippen LogP contribution < -0.4 is 15.8 Å². The predicted octanol–water partition coefficient (Wildman–Crippen LogP) is 4.24. The van der Waals surface area contributed by atoms with Crippen molar-refractivity contribution < 1.29 is 36.6 Å². The van der Waals surface area contributed by atoms with Crippen LogP contribution in [-0.2, 0) is 33.8 Å². The Hall–Kier alpha value is -3.61. The van der Waals surface area contributed by atoms with Gasteiger partial charge in [-0.1, -0.05) is 48.5 Å². The monoisotopic (exact) mass is 593 g/mol. The first-order valence-electron chi connectivity index (χ1n) is 12.7. The normalized spacial score (nSPS) is 13.9. The quantitative estimate of drug-likeness (QED) is 0.199.